The first-order valence-corrected chi connectivity index (χ1v) is 6.81. The molecule has 0 spiro atoms. The molecule has 1 saturated carbocycles. The SMILES string of the molecule is Nc1ccc(C(=O)NCC2(O)CCCCCC2)nc1. The molecule has 4 N–H and O–H groups in total. The zero-order valence-corrected chi connectivity index (χ0v) is 11.1. The van der Waals surface area contributed by atoms with Crippen LogP contribution in [-0.2, 0) is 0 Å². The summed E-state index contributed by atoms with van der Waals surface area (Å²) in [4.78, 5) is 15.9. The lowest BCUT2D eigenvalue weighted by Crippen LogP contribution is -2.42. The van der Waals surface area contributed by atoms with E-state index in [1.54, 1.807) is 12.1 Å². The standard InChI is InChI=1S/C14H21N3O2/c15-11-5-6-12(16-9-11)13(18)17-10-14(19)7-3-1-2-4-8-14/h5-6,9,19H,1-4,7-8,10,15H2,(H,17,18). The fourth-order valence-corrected chi connectivity index (χ4v) is 2.44. The minimum absolute atomic E-state index is 0.266. The van der Waals surface area contributed by atoms with E-state index in [1.807, 2.05) is 0 Å². The van der Waals surface area contributed by atoms with Crippen molar-refractivity contribution in [2.75, 3.05) is 12.3 Å². The van der Waals surface area contributed by atoms with Crippen LogP contribution in [0.5, 0.6) is 0 Å². The van der Waals surface area contributed by atoms with Crippen molar-refractivity contribution in [3.63, 3.8) is 0 Å². The predicted octanol–water partition coefficient (Wildman–Crippen LogP) is 1.48. The van der Waals surface area contributed by atoms with Gasteiger partial charge in [0.1, 0.15) is 5.69 Å². The molecule has 0 aromatic carbocycles. The Kier molecular flexibility index (Phi) is 4.37. The molecule has 1 heterocycles. The number of nitrogens with one attached hydrogen (secondary N) is 1. The summed E-state index contributed by atoms with van der Waals surface area (Å²) in [6.07, 6.45) is 7.32. The van der Waals surface area contributed by atoms with Crippen LogP contribution in [0.15, 0.2) is 18.3 Å². The Labute approximate surface area is 113 Å². The van der Waals surface area contributed by atoms with Gasteiger partial charge in [-0.25, -0.2) is 4.98 Å². The second-order valence-corrected chi connectivity index (χ2v) is 5.30. The molecule has 1 aliphatic carbocycles. The summed E-state index contributed by atoms with van der Waals surface area (Å²) in [5, 5.41) is 13.2. The van der Waals surface area contributed by atoms with Gasteiger partial charge in [-0.1, -0.05) is 25.7 Å². The van der Waals surface area contributed by atoms with E-state index in [1.165, 1.54) is 6.20 Å². The molecule has 1 fully saturated rings. The molecule has 5 heteroatoms. The van der Waals surface area contributed by atoms with Crippen LogP contribution in [0, 0.1) is 0 Å². The first-order chi connectivity index (χ1) is 9.09. The number of aromatic nitrogens is 1. The van der Waals surface area contributed by atoms with Crippen LogP contribution in [0.25, 0.3) is 0 Å². The van der Waals surface area contributed by atoms with Gasteiger partial charge in [0.25, 0.3) is 5.91 Å². The first-order valence-electron chi connectivity index (χ1n) is 6.81. The maximum atomic E-state index is 11.9. The minimum Gasteiger partial charge on any atom is -0.397 e. The highest BCUT2D eigenvalue weighted by atomic mass is 16.3. The fourth-order valence-electron chi connectivity index (χ4n) is 2.44. The first kappa shape index (κ1) is 13.8. The molecule has 1 aromatic heterocycles. The van der Waals surface area contributed by atoms with E-state index in [0.717, 1.165) is 38.5 Å². The Hall–Kier alpha value is -1.62. The number of aliphatic hydroxyl groups is 1. The number of hydrogen-bond acceptors (Lipinski definition) is 4. The van der Waals surface area contributed by atoms with Gasteiger partial charge in [-0.05, 0) is 25.0 Å². The van der Waals surface area contributed by atoms with Crippen molar-refractivity contribution in [3.05, 3.63) is 24.0 Å². The number of pyridine rings is 1. The average molecular weight is 263 g/mol. The van der Waals surface area contributed by atoms with Crippen molar-refractivity contribution in [2.45, 2.75) is 44.1 Å². The van der Waals surface area contributed by atoms with Gasteiger partial charge in [0.15, 0.2) is 0 Å². The molecule has 0 atom stereocenters. The number of amides is 1. The molecule has 0 saturated heterocycles. The third kappa shape index (κ3) is 3.92. The molecular weight excluding hydrogens is 242 g/mol. The summed E-state index contributed by atoms with van der Waals surface area (Å²) in [6, 6.07) is 3.23. The van der Waals surface area contributed by atoms with Crippen molar-refractivity contribution < 1.29 is 9.90 Å². The van der Waals surface area contributed by atoms with Crippen LogP contribution in [0.1, 0.15) is 49.0 Å². The van der Waals surface area contributed by atoms with Crippen molar-refractivity contribution in [1.82, 2.24) is 10.3 Å². The number of rotatable bonds is 3. The van der Waals surface area contributed by atoms with E-state index in [-0.39, 0.29) is 12.5 Å². The third-order valence-corrected chi connectivity index (χ3v) is 3.63. The topological polar surface area (TPSA) is 88.2 Å². The van der Waals surface area contributed by atoms with E-state index < -0.39 is 5.60 Å². The largest absolute Gasteiger partial charge is 0.397 e. The molecule has 1 amide bonds. The number of nitrogen functional groups attached to an aromatic ring is 1. The number of anilines is 1. The van der Waals surface area contributed by atoms with Crippen LogP contribution in [0.3, 0.4) is 0 Å². The number of nitrogens with zero attached hydrogens (tertiary/aromatic N) is 1. The molecule has 0 bridgehead atoms. The van der Waals surface area contributed by atoms with Crippen molar-refractivity contribution in [3.8, 4) is 0 Å². The number of nitrogens with two attached hydrogens (primary N) is 1. The normalized spacial score (nSPS) is 18.6. The highest BCUT2D eigenvalue weighted by molar-refractivity contribution is 5.92. The monoisotopic (exact) mass is 263 g/mol. The second kappa shape index (κ2) is 6.02. The Balaban J connectivity index is 1.90. The van der Waals surface area contributed by atoms with Gasteiger partial charge >= 0.3 is 0 Å². The lowest BCUT2D eigenvalue weighted by atomic mass is 9.94. The summed E-state index contributed by atoms with van der Waals surface area (Å²) in [5.41, 5.74) is 5.61. The van der Waals surface area contributed by atoms with E-state index in [0.29, 0.717) is 11.4 Å². The minimum atomic E-state index is -0.764. The highest BCUT2D eigenvalue weighted by Gasteiger charge is 2.28. The van der Waals surface area contributed by atoms with E-state index in [9.17, 15) is 9.90 Å². The van der Waals surface area contributed by atoms with Crippen LogP contribution >= 0.6 is 0 Å². The molecule has 1 aromatic rings. The van der Waals surface area contributed by atoms with Crippen LogP contribution in [0.4, 0.5) is 5.69 Å². The maximum Gasteiger partial charge on any atom is 0.269 e. The van der Waals surface area contributed by atoms with Gasteiger partial charge in [-0.3, -0.25) is 4.79 Å². The van der Waals surface area contributed by atoms with Crippen LogP contribution < -0.4 is 11.1 Å². The third-order valence-electron chi connectivity index (χ3n) is 3.63. The Morgan fingerprint density at radius 2 is 2.00 bits per heavy atom. The molecule has 104 valence electrons. The lowest BCUT2D eigenvalue weighted by molar-refractivity contribution is 0.0246. The number of hydrogen-bond donors (Lipinski definition) is 3. The van der Waals surface area contributed by atoms with Gasteiger partial charge < -0.3 is 16.2 Å². The summed E-state index contributed by atoms with van der Waals surface area (Å²) < 4.78 is 0. The Morgan fingerprint density at radius 1 is 1.32 bits per heavy atom. The number of carbonyl (C=O) groups is 1. The molecule has 5 nitrogen and oxygen atoms in total. The summed E-state index contributed by atoms with van der Waals surface area (Å²) in [7, 11) is 0. The van der Waals surface area contributed by atoms with Gasteiger partial charge in [0.05, 0.1) is 17.5 Å². The molecular formula is C14H21N3O2. The molecule has 0 radical (unpaired) electrons. The summed E-state index contributed by atoms with van der Waals surface area (Å²) >= 11 is 0. The lowest BCUT2D eigenvalue weighted by Gasteiger charge is -2.26. The van der Waals surface area contributed by atoms with Crippen LogP contribution in [0.2, 0.25) is 0 Å². The van der Waals surface area contributed by atoms with Gasteiger partial charge in [0.2, 0.25) is 0 Å². The zero-order valence-electron chi connectivity index (χ0n) is 11.1. The van der Waals surface area contributed by atoms with Gasteiger partial charge in [0, 0.05) is 6.54 Å². The molecule has 1 aliphatic rings. The summed E-state index contributed by atoms with van der Waals surface area (Å²) in [5.74, 6) is -0.266. The van der Waals surface area contributed by atoms with E-state index in [2.05, 4.69) is 10.3 Å². The molecule has 0 aliphatic heterocycles. The van der Waals surface area contributed by atoms with E-state index >= 15 is 0 Å². The fraction of sp³-hybridized carbons (Fsp3) is 0.571. The highest BCUT2D eigenvalue weighted by Crippen LogP contribution is 2.26. The van der Waals surface area contributed by atoms with Crippen molar-refractivity contribution >= 4 is 11.6 Å². The second-order valence-electron chi connectivity index (χ2n) is 5.30. The predicted molar refractivity (Wildman–Crippen MR) is 73.6 cm³/mol. The molecule has 0 unspecified atom stereocenters. The molecule has 19 heavy (non-hydrogen) atoms. The summed E-state index contributed by atoms with van der Waals surface area (Å²) in [6.45, 7) is 0.290. The number of carbonyl (C=O) groups excluding carboxylic acids is 1. The van der Waals surface area contributed by atoms with Crippen molar-refractivity contribution in [2.24, 2.45) is 0 Å². The average Bonchev–Trinajstić information content (AvgIpc) is 2.62. The quantitative estimate of drug-likeness (QED) is 0.721. The van der Waals surface area contributed by atoms with E-state index in [4.69, 9.17) is 5.73 Å². The Morgan fingerprint density at radius 3 is 2.58 bits per heavy atom. The Bertz CT molecular complexity index is 423. The smallest absolute Gasteiger partial charge is 0.269 e. The maximum absolute atomic E-state index is 11.9. The van der Waals surface area contributed by atoms with Gasteiger partial charge in [-0.15, -0.1) is 0 Å². The van der Waals surface area contributed by atoms with Gasteiger partial charge in [-0.2, -0.15) is 0 Å². The molecule has 2 rings (SSSR count). The van der Waals surface area contributed by atoms with Crippen molar-refractivity contribution in [1.29, 1.82) is 0 Å². The van der Waals surface area contributed by atoms with Crippen LogP contribution in [-0.4, -0.2) is 28.1 Å². The zero-order chi connectivity index (χ0) is 13.7.